The van der Waals surface area contributed by atoms with Gasteiger partial charge in [-0.05, 0) is 13.1 Å². The van der Waals surface area contributed by atoms with Crippen LogP contribution >= 0.6 is 0 Å². The van der Waals surface area contributed by atoms with E-state index < -0.39 is 6.61 Å². The van der Waals surface area contributed by atoms with E-state index in [1.54, 1.807) is 31.4 Å². The van der Waals surface area contributed by atoms with Gasteiger partial charge in [-0.1, -0.05) is 18.2 Å². The Morgan fingerprint density at radius 2 is 2.00 bits per heavy atom. The van der Waals surface area contributed by atoms with Crippen molar-refractivity contribution in [2.75, 3.05) is 40.4 Å². The summed E-state index contributed by atoms with van der Waals surface area (Å²) < 4.78 is 34.0. The zero-order valence-corrected chi connectivity index (χ0v) is 11.9. The molecule has 0 aliphatic rings. The molecule has 0 amide bonds. The Balaban J connectivity index is 2.31. The molecular weight excluding hydrogens is 266 g/mol. The number of hydrogen-bond donors (Lipinski definition) is 1. The van der Waals surface area contributed by atoms with Crippen molar-refractivity contribution in [2.45, 2.75) is 13.2 Å². The fourth-order valence-corrected chi connectivity index (χ4v) is 1.71. The van der Waals surface area contributed by atoms with Crippen molar-refractivity contribution in [3.8, 4) is 5.75 Å². The molecule has 1 N–H and O–H groups in total. The summed E-state index contributed by atoms with van der Waals surface area (Å²) in [6.45, 7) is 0.896. The van der Waals surface area contributed by atoms with Gasteiger partial charge in [-0.25, -0.2) is 0 Å². The van der Waals surface area contributed by atoms with E-state index in [0.29, 0.717) is 13.2 Å². The molecule has 0 fully saturated rings. The highest BCUT2D eigenvalue weighted by atomic mass is 19.3. The summed E-state index contributed by atoms with van der Waals surface area (Å²) in [5, 5.41) is 3.22. The van der Waals surface area contributed by atoms with Crippen molar-refractivity contribution in [1.29, 1.82) is 0 Å². The van der Waals surface area contributed by atoms with Gasteiger partial charge in [0, 0.05) is 38.9 Å². The largest absolute Gasteiger partial charge is 0.434 e. The minimum Gasteiger partial charge on any atom is -0.434 e. The molecule has 0 aliphatic carbocycles. The Bertz CT molecular complexity index is 378. The smallest absolute Gasteiger partial charge is 0.387 e. The van der Waals surface area contributed by atoms with Crippen LogP contribution in [0, 0.1) is 0 Å². The van der Waals surface area contributed by atoms with Crippen molar-refractivity contribution in [1.82, 2.24) is 10.2 Å². The van der Waals surface area contributed by atoms with Crippen molar-refractivity contribution in [3.05, 3.63) is 29.8 Å². The van der Waals surface area contributed by atoms with Crippen LogP contribution < -0.4 is 10.1 Å². The van der Waals surface area contributed by atoms with E-state index in [4.69, 9.17) is 4.74 Å². The molecule has 0 bridgehead atoms. The van der Waals surface area contributed by atoms with Crippen LogP contribution in [-0.2, 0) is 11.3 Å². The average Bonchev–Trinajstić information content (AvgIpc) is 2.42. The van der Waals surface area contributed by atoms with Crippen LogP contribution in [0.1, 0.15) is 5.56 Å². The van der Waals surface area contributed by atoms with Gasteiger partial charge in [-0.2, -0.15) is 8.78 Å². The van der Waals surface area contributed by atoms with Crippen LogP contribution in [-0.4, -0.2) is 51.9 Å². The summed E-state index contributed by atoms with van der Waals surface area (Å²) in [6, 6.07) is 6.81. The SMILES string of the molecule is COCCN(C)CCNCc1ccccc1OC(F)F. The maximum atomic E-state index is 12.3. The van der Waals surface area contributed by atoms with Gasteiger partial charge in [0.05, 0.1) is 6.61 Å². The van der Waals surface area contributed by atoms with Crippen molar-refractivity contribution in [3.63, 3.8) is 0 Å². The van der Waals surface area contributed by atoms with Crippen LogP contribution in [0.15, 0.2) is 24.3 Å². The quantitative estimate of drug-likeness (QED) is 0.667. The number of alkyl halides is 2. The van der Waals surface area contributed by atoms with Crippen LogP contribution in [0.4, 0.5) is 8.78 Å². The first kappa shape index (κ1) is 16.8. The summed E-state index contributed by atoms with van der Waals surface area (Å²) in [5.74, 6) is 0.225. The number of ether oxygens (including phenoxy) is 2. The van der Waals surface area contributed by atoms with Gasteiger partial charge in [-0.3, -0.25) is 0 Å². The third kappa shape index (κ3) is 6.79. The van der Waals surface area contributed by atoms with Crippen LogP contribution in [0.2, 0.25) is 0 Å². The van der Waals surface area contributed by atoms with Crippen molar-refractivity contribution >= 4 is 0 Å². The maximum Gasteiger partial charge on any atom is 0.387 e. The van der Waals surface area contributed by atoms with Gasteiger partial charge in [0.15, 0.2) is 0 Å². The molecule has 1 rings (SSSR count). The second-order valence-corrected chi connectivity index (χ2v) is 4.46. The molecule has 0 heterocycles. The van der Waals surface area contributed by atoms with E-state index >= 15 is 0 Å². The third-order valence-electron chi connectivity index (χ3n) is 2.85. The van der Waals surface area contributed by atoms with Gasteiger partial charge in [-0.15, -0.1) is 0 Å². The summed E-state index contributed by atoms with van der Waals surface area (Å²) in [4.78, 5) is 2.14. The number of hydrogen-bond acceptors (Lipinski definition) is 4. The topological polar surface area (TPSA) is 33.7 Å². The van der Waals surface area contributed by atoms with Crippen LogP contribution in [0.3, 0.4) is 0 Å². The van der Waals surface area contributed by atoms with Crippen LogP contribution in [0.25, 0.3) is 0 Å². The molecule has 1 aromatic carbocycles. The standard InChI is InChI=1S/C14H22F2N2O2/c1-18(9-10-19-2)8-7-17-11-12-5-3-4-6-13(12)20-14(15)16/h3-6,14,17H,7-11H2,1-2H3. The molecule has 6 heteroatoms. The number of nitrogens with one attached hydrogen (secondary N) is 1. The van der Waals surface area contributed by atoms with E-state index in [1.807, 2.05) is 7.05 Å². The molecule has 0 saturated carbocycles. The molecule has 0 atom stereocenters. The minimum absolute atomic E-state index is 0.225. The maximum absolute atomic E-state index is 12.3. The minimum atomic E-state index is -2.80. The lowest BCUT2D eigenvalue weighted by Crippen LogP contribution is -2.31. The fourth-order valence-electron chi connectivity index (χ4n) is 1.71. The molecule has 20 heavy (non-hydrogen) atoms. The Morgan fingerprint density at radius 1 is 1.25 bits per heavy atom. The summed E-state index contributed by atoms with van der Waals surface area (Å²) in [5.41, 5.74) is 0.729. The molecule has 114 valence electrons. The monoisotopic (exact) mass is 288 g/mol. The van der Waals surface area contributed by atoms with E-state index in [-0.39, 0.29) is 5.75 Å². The van der Waals surface area contributed by atoms with Crippen molar-refractivity contribution in [2.24, 2.45) is 0 Å². The number of methoxy groups -OCH3 is 1. The second kappa shape index (κ2) is 9.63. The Morgan fingerprint density at radius 3 is 2.70 bits per heavy atom. The first-order chi connectivity index (χ1) is 9.63. The summed E-state index contributed by atoms with van der Waals surface area (Å²) >= 11 is 0. The normalized spacial score (nSPS) is 11.3. The zero-order chi connectivity index (χ0) is 14.8. The van der Waals surface area contributed by atoms with Gasteiger partial charge < -0.3 is 19.7 Å². The number of halogens is 2. The molecule has 0 radical (unpaired) electrons. The molecule has 0 aromatic heterocycles. The molecular formula is C14H22F2N2O2. The van der Waals surface area contributed by atoms with E-state index in [1.165, 1.54) is 0 Å². The van der Waals surface area contributed by atoms with Crippen molar-refractivity contribution < 1.29 is 18.3 Å². The van der Waals surface area contributed by atoms with E-state index in [0.717, 1.165) is 25.2 Å². The predicted molar refractivity (Wildman–Crippen MR) is 74.2 cm³/mol. The first-order valence-corrected chi connectivity index (χ1v) is 6.54. The molecule has 0 aliphatic heterocycles. The first-order valence-electron chi connectivity index (χ1n) is 6.54. The third-order valence-corrected chi connectivity index (χ3v) is 2.85. The highest BCUT2D eigenvalue weighted by Crippen LogP contribution is 2.19. The summed E-state index contributed by atoms with van der Waals surface area (Å²) in [7, 11) is 3.68. The number of rotatable bonds is 10. The van der Waals surface area contributed by atoms with E-state index in [2.05, 4.69) is 15.0 Å². The van der Waals surface area contributed by atoms with Gasteiger partial charge in [0.1, 0.15) is 5.75 Å². The van der Waals surface area contributed by atoms with Gasteiger partial charge in [0.2, 0.25) is 0 Å². The van der Waals surface area contributed by atoms with Gasteiger partial charge >= 0.3 is 6.61 Å². The average molecular weight is 288 g/mol. The van der Waals surface area contributed by atoms with E-state index in [9.17, 15) is 8.78 Å². The molecule has 0 unspecified atom stereocenters. The lowest BCUT2D eigenvalue weighted by Gasteiger charge is -2.16. The molecule has 0 saturated heterocycles. The number of likely N-dealkylation sites (N-methyl/N-ethyl adjacent to an activating group) is 1. The van der Waals surface area contributed by atoms with Crippen LogP contribution in [0.5, 0.6) is 5.75 Å². The number of nitrogens with zero attached hydrogens (tertiary/aromatic N) is 1. The summed E-state index contributed by atoms with van der Waals surface area (Å²) in [6.07, 6.45) is 0. The zero-order valence-electron chi connectivity index (χ0n) is 11.9. The Hall–Kier alpha value is -1.24. The molecule has 0 spiro atoms. The Labute approximate surface area is 118 Å². The molecule has 1 aromatic rings. The second-order valence-electron chi connectivity index (χ2n) is 4.46. The predicted octanol–water partition coefficient (Wildman–Crippen LogP) is 1.96. The van der Waals surface area contributed by atoms with Gasteiger partial charge in [0.25, 0.3) is 0 Å². The highest BCUT2D eigenvalue weighted by molar-refractivity contribution is 5.33. The number of para-hydroxylation sites is 1. The fraction of sp³-hybridized carbons (Fsp3) is 0.571. The highest BCUT2D eigenvalue weighted by Gasteiger charge is 2.08. The lowest BCUT2D eigenvalue weighted by atomic mass is 10.2. The number of benzene rings is 1. The lowest BCUT2D eigenvalue weighted by molar-refractivity contribution is -0.0504. The Kier molecular flexibility index (Phi) is 8.10. The molecule has 4 nitrogen and oxygen atoms in total.